The van der Waals surface area contributed by atoms with E-state index in [1.807, 2.05) is 18.2 Å². The van der Waals surface area contributed by atoms with Gasteiger partial charge in [0.25, 0.3) is 0 Å². The molecule has 0 bridgehead atoms. The highest BCUT2D eigenvalue weighted by Crippen LogP contribution is 2.22. The van der Waals surface area contributed by atoms with Gasteiger partial charge in [0.05, 0.1) is 17.2 Å². The Labute approximate surface area is 172 Å². The molecule has 0 unspecified atom stereocenters. The minimum Gasteiger partial charge on any atom is -0.423 e. The van der Waals surface area contributed by atoms with Crippen LogP contribution in [0.4, 0.5) is 0 Å². The molecular formula is C26H25NO2. The van der Waals surface area contributed by atoms with Crippen LogP contribution < -0.4 is 4.74 Å². The summed E-state index contributed by atoms with van der Waals surface area (Å²) in [5.41, 5.74) is 4.59. The smallest absolute Gasteiger partial charge is 0.343 e. The number of hydrogen-bond acceptors (Lipinski definition) is 3. The number of hydrogen-bond donors (Lipinski definition) is 0. The van der Waals surface area contributed by atoms with Crippen LogP contribution in [0, 0.1) is 11.3 Å². The summed E-state index contributed by atoms with van der Waals surface area (Å²) in [6.45, 7) is 2.23. The second-order valence-electron chi connectivity index (χ2n) is 7.11. The second kappa shape index (κ2) is 10.2. The van der Waals surface area contributed by atoms with Crippen LogP contribution in [0.2, 0.25) is 0 Å². The van der Waals surface area contributed by atoms with E-state index in [1.165, 1.54) is 31.2 Å². The predicted octanol–water partition coefficient (Wildman–Crippen LogP) is 6.57. The Hall–Kier alpha value is -3.38. The Morgan fingerprint density at radius 1 is 0.828 bits per heavy atom. The zero-order chi connectivity index (χ0) is 20.5. The minimum atomic E-state index is -0.413. The summed E-state index contributed by atoms with van der Waals surface area (Å²) in [5, 5.41) is 8.82. The van der Waals surface area contributed by atoms with Crippen molar-refractivity contribution in [2.24, 2.45) is 0 Å². The maximum absolute atomic E-state index is 12.3. The van der Waals surface area contributed by atoms with Crippen molar-refractivity contribution in [2.45, 2.75) is 39.0 Å². The standard InChI is InChI=1S/C26H25NO2/c1-2-3-4-5-6-20-7-11-22(12-8-20)23-13-15-24(16-14-23)26(28)29-25-17-9-21(19-27)10-18-25/h7-18H,2-6H2,1H3. The summed E-state index contributed by atoms with van der Waals surface area (Å²) in [4.78, 5) is 12.3. The van der Waals surface area contributed by atoms with Gasteiger partial charge in [-0.3, -0.25) is 0 Å². The molecule has 3 aromatic rings. The Kier molecular flexibility index (Phi) is 7.19. The maximum Gasteiger partial charge on any atom is 0.343 e. The monoisotopic (exact) mass is 383 g/mol. The number of benzene rings is 3. The number of unbranched alkanes of at least 4 members (excludes halogenated alkanes) is 3. The molecule has 3 rings (SSSR count). The van der Waals surface area contributed by atoms with E-state index in [4.69, 9.17) is 10.00 Å². The van der Waals surface area contributed by atoms with E-state index in [0.717, 1.165) is 17.5 Å². The van der Waals surface area contributed by atoms with Gasteiger partial charge in [-0.1, -0.05) is 62.6 Å². The average Bonchev–Trinajstić information content (AvgIpc) is 2.78. The molecule has 3 heteroatoms. The Morgan fingerprint density at radius 2 is 1.45 bits per heavy atom. The molecule has 0 aliphatic heterocycles. The van der Waals surface area contributed by atoms with E-state index in [0.29, 0.717) is 16.9 Å². The first-order valence-electron chi connectivity index (χ1n) is 10.1. The molecule has 0 radical (unpaired) electrons. The first-order valence-corrected chi connectivity index (χ1v) is 10.1. The van der Waals surface area contributed by atoms with Gasteiger partial charge in [-0.25, -0.2) is 4.79 Å². The molecule has 0 aliphatic rings. The number of esters is 1. The van der Waals surface area contributed by atoms with Crippen molar-refractivity contribution in [3.63, 3.8) is 0 Å². The predicted molar refractivity (Wildman–Crippen MR) is 116 cm³/mol. The van der Waals surface area contributed by atoms with Crippen molar-refractivity contribution < 1.29 is 9.53 Å². The minimum absolute atomic E-state index is 0.413. The summed E-state index contributed by atoms with van der Waals surface area (Å²) in [6, 6.07) is 24.6. The molecule has 0 fully saturated rings. The zero-order valence-corrected chi connectivity index (χ0v) is 16.7. The third kappa shape index (κ3) is 5.80. The number of carbonyl (C=O) groups excluding carboxylic acids is 1. The van der Waals surface area contributed by atoms with Crippen LogP contribution in [-0.4, -0.2) is 5.97 Å². The summed E-state index contributed by atoms with van der Waals surface area (Å²) < 4.78 is 5.37. The Balaban J connectivity index is 1.60. The zero-order valence-electron chi connectivity index (χ0n) is 16.7. The lowest BCUT2D eigenvalue weighted by Gasteiger charge is -2.07. The SMILES string of the molecule is CCCCCCc1ccc(-c2ccc(C(=O)Oc3ccc(C#N)cc3)cc2)cc1. The normalized spacial score (nSPS) is 10.3. The topological polar surface area (TPSA) is 50.1 Å². The fourth-order valence-electron chi connectivity index (χ4n) is 3.18. The molecule has 0 saturated heterocycles. The number of aryl methyl sites for hydroxylation is 1. The number of ether oxygens (including phenoxy) is 1. The van der Waals surface area contributed by atoms with Crippen LogP contribution >= 0.6 is 0 Å². The second-order valence-corrected chi connectivity index (χ2v) is 7.11. The van der Waals surface area contributed by atoms with E-state index >= 15 is 0 Å². The highest BCUT2D eigenvalue weighted by atomic mass is 16.5. The molecule has 0 N–H and O–H groups in total. The van der Waals surface area contributed by atoms with Crippen LogP contribution in [-0.2, 0) is 6.42 Å². The molecule has 0 heterocycles. The highest BCUT2D eigenvalue weighted by Gasteiger charge is 2.09. The van der Waals surface area contributed by atoms with Gasteiger partial charge in [-0.2, -0.15) is 5.26 Å². The van der Waals surface area contributed by atoms with Crippen molar-refractivity contribution in [2.75, 3.05) is 0 Å². The molecule has 0 saturated carbocycles. The fraction of sp³-hybridized carbons (Fsp3) is 0.231. The lowest BCUT2D eigenvalue weighted by Crippen LogP contribution is -2.08. The fourth-order valence-corrected chi connectivity index (χ4v) is 3.18. The van der Waals surface area contributed by atoms with Gasteiger partial charge in [0, 0.05) is 0 Å². The average molecular weight is 383 g/mol. The van der Waals surface area contributed by atoms with Crippen LogP contribution in [0.5, 0.6) is 5.75 Å². The lowest BCUT2D eigenvalue weighted by atomic mass is 10.0. The van der Waals surface area contributed by atoms with Gasteiger partial charge in [0.1, 0.15) is 5.75 Å². The third-order valence-electron chi connectivity index (χ3n) is 4.92. The quantitative estimate of drug-likeness (QED) is 0.251. The summed E-state index contributed by atoms with van der Waals surface area (Å²) in [6.07, 6.45) is 6.22. The largest absolute Gasteiger partial charge is 0.423 e. The van der Waals surface area contributed by atoms with Crippen molar-refractivity contribution >= 4 is 5.97 Å². The van der Waals surface area contributed by atoms with E-state index < -0.39 is 5.97 Å². The Bertz CT molecular complexity index is 965. The van der Waals surface area contributed by atoms with Crippen molar-refractivity contribution in [1.29, 1.82) is 5.26 Å². The van der Waals surface area contributed by atoms with Crippen LogP contribution in [0.25, 0.3) is 11.1 Å². The van der Waals surface area contributed by atoms with E-state index in [-0.39, 0.29) is 0 Å². The first kappa shape index (κ1) is 20.4. The molecule has 29 heavy (non-hydrogen) atoms. The Morgan fingerprint density at radius 3 is 2.03 bits per heavy atom. The number of nitriles is 1. The summed E-state index contributed by atoms with van der Waals surface area (Å²) in [5.74, 6) is 0.0105. The molecular weight excluding hydrogens is 358 g/mol. The van der Waals surface area contributed by atoms with E-state index in [1.54, 1.807) is 36.4 Å². The first-order chi connectivity index (χ1) is 14.2. The van der Waals surface area contributed by atoms with Crippen LogP contribution in [0.3, 0.4) is 0 Å². The van der Waals surface area contributed by atoms with Gasteiger partial charge < -0.3 is 4.74 Å². The van der Waals surface area contributed by atoms with Gasteiger partial charge in [0.2, 0.25) is 0 Å². The molecule has 0 atom stereocenters. The number of rotatable bonds is 8. The van der Waals surface area contributed by atoms with E-state index in [9.17, 15) is 4.79 Å². The summed E-state index contributed by atoms with van der Waals surface area (Å²) >= 11 is 0. The van der Waals surface area contributed by atoms with Gasteiger partial charge >= 0.3 is 5.97 Å². The van der Waals surface area contributed by atoms with Crippen molar-refractivity contribution in [3.05, 3.63) is 89.5 Å². The van der Waals surface area contributed by atoms with Gasteiger partial charge in [0.15, 0.2) is 0 Å². The van der Waals surface area contributed by atoms with Crippen LogP contribution in [0.1, 0.15) is 54.1 Å². The highest BCUT2D eigenvalue weighted by molar-refractivity contribution is 5.91. The number of carbonyl (C=O) groups is 1. The van der Waals surface area contributed by atoms with Crippen molar-refractivity contribution in [3.8, 4) is 22.9 Å². The lowest BCUT2D eigenvalue weighted by molar-refractivity contribution is 0.0735. The molecule has 3 nitrogen and oxygen atoms in total. The third-order valence-corrected chi connectivity index (χ3v) is 4.92. The van der Waals surface area contributed by atoms with Gasteiger partial charge in [-0.05, 0) is 65.9 Å². The maximum atomic E-state index is 12.3. The molecule has 0 aliphatic carbocycles. The van der Waals surface area contributed by atoms with Crippen LogP contribution in [0.15, 0.2) is 72.8 Å². The van der Waals surface area contributed by atoms with E-state index in [2.05, 4.69) is 31.2 Å². The number of nitrogens with zero attached hydrogens (tertiary/aromatic N) is 1. The molecule has 0 aromatic heterocycles. The van der Waals surface area contributed by atoms with Gasteiger partial charge in [-0.15, -0.1) is 0 Å². The molecule has 3 aromatic carbocycles. The van der Waals surface area contributed by atoms with Crippen molar-refractivity contribution in [1.82, 2.24) is 0 Å². The molecule has 0 amide bonds. The summed E-state index contributed by atoms with van der Waals surface area (Å²) in [7, 11) is 0. The molecule has 146 valence electrons. The molecule has 0 spiro atoms.